The molecule has 4 nitrogen and oxygen atoms in total. The first-order valence-electron chi connectivity index (χ1n) is 6.70. The zero-order valence-corrected chi connectivity index (χ0v) is 13.1. The van der Waals surface area contributed by atoms with Gasteiger partial charge in [-0.05, 0) is 13.1 Å². The van der Waals surface area contributed by atoms with Crippen molar-refractivity contribution in [1.82, 2.24) is 14.7 Å². The largest absolute Gasteiger partial charge is 0.302 e. The van der Waals surface area contributed by atoms with Crippen LogP contribution in [-0.4, -0.2) is 28.3 Å². The van der Waals surface area contributed by atoms with E-state index in [2.05, 4.69) is 23.1 Å². The van der Waals surface area contributed by atoms with Crippen molar-refractivity contribution in [3.63, 3.8) is 0 Å². The number of halogens is 2. The van der Waals surface area contributed by atoms with Crippen LogP contribution in [0.2, 0.25) is 10.0 Å². The molecule has 2 heterocycles. The summed E-state index contributed by atoms with van der Waals surface area (Å²) in [4.78, 5) is 2.24. The number of hydrogen-bond acceptors (Lipinski definition) is 3. The SMILES string of the molecule is CN1CCc2c(c(-c3cccc(Cl)c3Cl)nn2CC#N)C1. The van der Waals surface area contributed by atoms with Gasteiger partial charge in [0.1, 0.15) is 6.54 Å². The molecule has 0 atom stereocenters. The third-order valence-electron chi connectivity index (χ3n) is 3.75. The van der Waals surface area contributed by atoms with Crippen LogP contribution in [0.5, 0.6) is 0 Å². The second-order valence-electron chi connectivity index (χ2n) is 5.18. The van der Waals surface area contributed by atoms with Crippen LogP contribution in [-0.2, 0) is 19.5 Å². The van der Waals surface area contributed by atoms with Crippen molar-refractivity contribution in [2.24, 2.45) is 0 Å². The molecule has 0 radical (unpaired) electrons. The molecular weight excluding hydrogens is 307 g/mol. The highest BCUT2D eigenvalue weighted by molar-refractivity contribution is 6.43. The minimum atomic E-state index is 0.254. The molecule has 0 bridgehead atoms. The predicted octanol–water partition coefficient (Wildman–Crippen LogP) is 3.37. The van der Waals surface area contributed by atoms with Crippen molar-refractivity contribution >= 4 is 23.2 Å². The zero-order valence-electron chi connectivity index (χ0n) is 11.6. The second-order valence-corrected chi connectivity index (χ2v) is 5.96. The van der Waals surface area contributed by atoms with Crippen LogP contribution in [0, 0.1) is 11.3 Å². The van der Waals surface area contributed by atoms with Gasteiger partial charge in [-0.3, -0.25) is 4.68 Å². The predicted molar refractivity (Wildman–Crippen MR) is 83.3 cm³/mol. The maximum atomic E-state index is 8.98. The molecule has 0 fully saturated rings. The Morgan fingerprint density at radius 2 is 2.19 bits per heavy atom. The van der Waals surface area contributed by atoms with Crippen molar-refractivity contribution in [2.75, 3.05) is 13.6 Å². The smallest absolute Gasteiger partial charge is 0.128 e. The maximum absolute atomic E-state index is 8.98. The van der Waals surface area contributed by atoms with E-state index >= 15 is 0 Å². The molecule has 6 heteroatoms. The summed E-state index contributed by atoms with van der Waals surface area (Å²) in [6.07, 6.45) is 0.888. The van der Waals surface area contributed by atoms with E-state index in [0.717, 1.165) is 42.0 Å². The summed E-state index contributed by atoms with van der Waals surface area (Å²) in [7, 11) is 2.08. The Morgan fingerprint density at radius 3 is 2.95 bits per heavy atom. The van der Waals surface area contributed by atoms with E-state index in [1.807, 2.05) is 12.1 Å². The lowest BCUT2D eigenvalue weighted by Crippen LogP contribution is -2.27. The third kappa shape index (κ3) is 2.53. The van der Waals surface area contributed by atoms with Crippen molar-refractivity contribution in [2.45, 2.75) is 19.5 Å². The van der Waals surface area contributed by atoms with Crippen molar-refractivity contribution in [3.05, 3.63) is 39.5 Å². The summed E-state index contributed by atoms with van der Waals surface area (Å²) in [6.45, 7) is 2.02. The Bertz CT molecular complexity index is 730. The van der Waals surface area contributed by atoms with Crippen LogP contribution in [0.25, 0.3) is 11.3 Å². The number of fused-ring (bicyclic) bond motifs is 1. The number of likely N-dealkylation sites (N-methyl/N-ethyl adjacent to an activating group) is 1. The zero-order chi connectivity index (χ0) is 15.0. The molecule has 0 saturated carbocycles. The van der Waals surface area contributed by atoms with Gasteiger partial charge in [0.05, 0.1) is 21.8 Å². The number of benzene rings is 1. The molecule has 0 N–H and O–H groups in total. The van der Waals surface area contributed by atoms with Gasteiger partial charge in [-0.1, -0.05) is 35.3 Å². The van der Waals surface area contributed by atoms with E-state index in [4.69, 9.17) is 28.5 Å². The highest BCUT2D eigenvalue weighted by atomic mass is 35.5. The molecule has 0 unspecified atom stereocenters. The minimum absolute atomic E-state index is 0.254. The molecule has 2 aromatic rings. The van der Waals surface area contributed by atoms with Crippen molar-refractivity contribution in [1.29, 1.82) is 5.26 Å². The van der Waals surface area contributed by atoms with Gasteiger partial charge in [-0.2, -0.15) is 10.4 Å². The van der Waals surface area contributed by atoms with Gasteiger partial charge in [-0.25, -0.2) is 0 Å². The first-order valence-corrected chi connectivity index (χ1v) is 7.46. The lowest BCUT2D eigenvalue weighted by molar-refractivity contribution is 0.308. The summed E-state index contributed by atoms with van der Waals surface area (Å²) < 4.78 is 1.79. The topological polar surface area (TPSA) is 44.9 Å². The molecule has 0 saturated heterocycles. The maximum Gasteiger partial charge on any atom is 0.128 e. The number of hydrogen-bond donors (Lipinski definition) is 0. The molecule has 0 amide bonds. The minimum Gasteiger partial charge on any atom is -0.302 e. The summed E-state index contributed by atoms with van der Waals surface area (Å²) in [6, 6.07) is 7.71. The first kappa shape index (κ1) is 14.4. The molecule has 1 aliphatic heterocycles. The number of rotatable bonds is 2. The highest BCUT2D eigenvalue weighted by Crippen LogP contribution is 2.37. The van der Waals surface area contributed by atoms with Gasteiger partial charge < -0.3 is 4.90 Å². The van der Waals surface area contributed by atoms with Crippen molar-refractivity contribution < 1.29 is 0 Å². The van der Waals surface area contributed by atoms with E-state index in [-0.39, 0.29) is 6.54 Å². The molecule has 21 heavy (non-hydrogen) atoms. The van der Waals surface area contributed by atoms with Crippen LogP contribution in [0.4, 0.5) is 0 Å². The van der Waals surface area contributed by atoms with E-state index in [0.29, 0.717) is 10.0 Å². The molecule has 108 valence electrons. The summed E-state index contributed by atoms with van der Waals surface area (Å²) in [5, 5.41) is 14.6. The Morgan fingerprint density at radius 1 is 1.38 bits per heavy atom. The molecule has 0 spiro atoms. The molecule has 0 aliphatic carbocycles. The van der Waals surface area contributed by atoms with Crippen LogP contribution < -0.4 is 0 Å². The van der Waals surface area contributed by atoms with E-state index in [1.165, 1.54) is 0 Å². The number of nitriles is 1. The van der Waals surface area contributed by atoms with E-state index in [1.54, 1.807) is 10.7 Å². The standard InChI is InChI=1S/C15H14Cl2N4/c1-20-7-5-13-11(9-20)15(19-21(13)8-6-18)10-3-2-4-12(16)14(10)17/h2-4H,5,7-9H2,1H3. The summed E-state index contributed by atoms with van der Waals surface area (Å²) >= 11 is 12.4. The molecule has 1 aromatic carbocycles. The number of nitrogens with zero attached hydrogens (tertiary/aromatic N) is 4. The van der Waals surface area contributed by atoms with Gasteiger partial charge in [-0.15, -0.1) is 0 Å². The third-order valence-corrected chi connectivity index (χ3v) is 4.57. The first-order chi connectivity index (χ1) is 10.1. The summed E-state index contributed by atoms with van der Waals surface area (Å²) in [5.74, 6) is 0. The van der Waals surface area contributed by atoms with Crippen LogP contribution in [0.15, 0.2) is 18.2 Å². The molecule has 3 rings (SSSR count). The molecule has 1 aromatic heterocycles. The quantitative estimate of drug-likeness (QED) is 0.852. The fourth-order valence-corrected chi connectivity index (χ4v) is 3.12. The van der Waals surface area contributed by atoms with Gasteiger partial charge in [0, 0.05) is 36.3 Å². The van der Waals surface area contributed by atoms with Crippen LogP contribution in [0.1, 0.15) is 11.3 Å². The van der Waals surface area contributed by atoms with Crippen LogP contribution >= 0.6 is 23.2 Å². The van der Waals surface area contributed by atoms with Crippen LogP contribution in [0.3, 0.4) is 0 Å². The van der Waals surface area contributed by atoms with Gasteiger partial charge in [0.2, 0.25) is 0 Å². The van der Waals surface area contributed by atoms with Gasteiger partial charge in [0.25, 0.3) is 0 Å². The van der Waals surface area contributed by atoms with E-state index in [9.17, 15) is 0 Å². The normalized spacial score (nSPS) is 14.8. The highest BCUT2D eigenvalue weighted by Gasteiger charge is 2.25. The van der Waals surface area contributed by atoms with E-state index < -0.39 is 0 Å². The fraction of sp³-hybridized carbons (Fsp3) is 0.333. The number of aromatic nitrogens is 2. The Balaban J connectivity index is 2.19. The lowest BCUT2D eigenvalue weighted by atomic mass is 10.0. The van der Waals surface area contributed by atoms with Crippen molar-refractivity contribution in [3.8, 4) is 17.3 Å². The van der Waals surface area contributed by atoms with Gasteiger partial charge in [0.15, 0.2) is 0 Å². The monoisotopic (exact) mass is 320 g/mol. The van der Waals surface area contributed by atoms with Gasteiger partial charge >= 0.3 is 0 Å². The average molecular weight is 321 g/mol. The Labute approximate surface area is 133 Å². The Hall–Kier alpha value is -1.54. The average Bonchev–Trinajstić information content (AvgIpc) is 2.80. The second kappa shape index (κ2) is 5.69. The molecular formula is C15H14Cl2N4. The fourth-order valence-electron chi connectivity index (χ4n) is 2.73. The Kier molecular flexibility index (Phi) is 3.90. The molecule has 1 aliphatic rings. The lowest BCUT2D eigenvalue weighted by Gasteiger charge is -2.23. The summed E-state index contributed by atoms with van der Waals surface area (Å²) in [5.41, 5.74) is 3.93.